The van der Waals surface area contributed by atoms with E-state index < -0.39 is 42.1 Å². The Morgan fingerprint density at radius 2 is 1.62 bits per heavy atom. The van der Waals surface area contributed by atoms with Gasteiger partial charge in [-0.1, -0.05) is 6.92 Å². The van der Waals surface area contributed by atoms with E-state index in [0.29, 0.717) is 32.4 Å². The summed E-state index contributed by atoms with van der Waals surface area (Å²) in [5.74, 6) is -1.86. The molecule has 3 fully saturated rings. The van der Waals surface area contributed by atoms with Crippen molar-refractivity contribution in [1.82, 2.24) is 20.0 Å². The number of ether oxygens (including phenoxy) is 1. The zero-order valence-corrected chi connectivity index (χ0v) is 19.5. The van der Waals surface area contributed by atoms with E-state index in [1.165, 1.54) is 21.7 Å². The second-order valence-corrected chi connectivity index (χ2v) is 9.40. The van der Waals surface area contributed by atoms with Crippen LogP contribution in [0, 0.1) is 5.92 Å². The maximum absolute atomic E-state index is 13.1. The maximum Gasteiger partial charge on any atom is 0.329 e. The van der Waals surface area contributed by atoms with Crippen LogP contribution in [0.2, 0.25) is 0 Å². The summed E-state index contributed by atoms with van der Waals surface area (Å²) in [4.78, 5) is 69.0. The number of hydrogen-bond acceptors (Lipinski definition) is 6. The van der Waals surface area contributed by atoms with Crippen LogP contribution in [0.25, 0.3) is 0 Å². The Morgan fingerprint density at radius 3 is 2.31 bits per heavy atom. The fourth-order valence-corrected chi connectivity index (χ4v) is 4.76. The van der Waals surface area contributed by atoms with E-state index in [0.717, 1.165) is 0 Å². The van der Waals surface area contributed by atoms with Gasteiger partial charge in [0, 0.05) is 20.1 Å². The molecule has 3 heterocycles. The molecule has 0 aromatic heterocycles. The van der Waals surface area contributed by atoms with E-state index in [4.69, 9.17) is 4.74 Å². The van der Waals surface area contributed by atoms with Crippen molar-refractivity contribution < 1.29 is 28.7 Å². The third-order valence-electron chi connectivity index (χ3n) is 6.74. The number of hydrogen-bond donors (Lipinski definition) is 1. The van der Waals surface area contributed by atoms with Gasteiger partial charge in [0.15, 0.2) is 0 Å². The van der Waals surface area contributed by atoms with E-state index in [1.807, 2.05) is 6.92 Å². The Kier molecular flexibility index (Phi) is 7.09. The summed E-state index contributed by atoms with van der Waals surface area (Å²) in [6, 6.07) is -3.07. The quantitative estimate of drug-likeness (QED) is 0.515. The summed E-state index contributed by atoms with van der Waals surface area (Å²) in [5.41, 5.74) is 0. The normalized spacial score (nSPS) is 35.5. The van der Waals surface area contributed by atoms with Crippen molar-refractivity contribution >= 4 is 29.6 Å². The van der Waals surface area contributed by atoms with Gasteiger partial charge >= 0.3 is 5.97 Å². The van der Waals surface area contributed by atoms with E-state index in [2.05, 4.69) is 5.32 Å². The highest BCUT2D eigenvalue weighted by atomic mass is 16.5. The van der Waals surface area contributed by atoms with Gasteiger partial charge in [0.2, 0.25) is 23.6 Å². The smallest absolute Gasteiger partial charge is 0.329 e. The molecular formula is C22H34N4O6. The number of cyclic esters (lactones) is 1. The van der Waals surface area contributed by atoms with Gasteiger partial charge in [-0.05, 0) is 46.0 Å². The molecule has 1 N–H and O–H groups in total. The standard InChI is InChI=1S/C22H34N4O6/c1-12-9-17-22(31)32-13(2)10-18(27)25-8-6-7-16(25)21(30)24(5)15(4)19(28)23-14(3)20(29)26(17)11-12/h12-17H,6-11H2,1-5H3,(H,23,28)/t12-,13-,14-,15-,16?,17?/m0/s1. The molecule has 32 heavy (non-hydrogen) atoms. The fraction of sp³-hybridized carbons (Fsp3) is 0.773. The third-order valence-corrected chi connectivity index (χ3v) is 6.74. The maximum atomic E-state index is 13.1. The molecule has 4 amide bonds. The second-order valence-electron chi connectivity index (χ2n) is 9.40. The van der Waals surface area contributed by atoms with Crippen LogP contribution in [0.5, 0.6) is 0 Å². The van der Waals surface area contributed by atoms with Crippen LogP contribution in [-0.4, -0.2) is 94.7 Å². The summed E-state index contributed by atoms with van der Waals surface area (Å²) >= 11 is 0. The number of nitrogens with one attached hydrogen (secondary N) is 1. The molecule has 2 unspecified atom stereocenters. The average molecular weight is 451 g/mol. The van der Waals surface area contributed by atoms with E-state index in [9.17, 15) is 24.0 Å². The number of amides is 4. The minimum Gasteiger partial charge on any atom is -0.461 e. The largest absolute Gasteiger partial charge is 0.461 e. The zero-order chi connectivity index (χ0) is 23.7. The van der Waals surface area contributed by atoms with Gasteiger partial charge in [0.25, 0.3) is 0 Å². The van der Waals surface area contributed by atoms with Gasteiger partial charge in [-0.2, -0.15) is 0 Å². The van der Waals surface area contributed by atoms with Gasteiger partial charge < -0.3 is 24.8 Å². The van der Waals surface area contributed by atoms with Crippen LogP contribution in [-0.2, 0) is 28.7 Å². The van der Waals surface area contributed by atoms with Crippen molar-refractivity contribution in [1.29, 1.82) is 0 Å². The Balaban J connectivity index is 1.90. The second kappa shape index (κ2) is 9.46. The first-order valence-electron chi connectivity index (χ1n) is 11.4. The fourth-order valence-electron chi connectivity index (χ4n) is 4.76. The first-order valence-corrected chi connectivity index (χ1v) is 11.4. The summed E-state index contributed by atoms with van der Waals surface area (Å²) in [6.07, 6.45) is 0.947. The number of esters is 1. The number of carbonyl (C=O) groups excluding carboxylic acids is 5. The van der Waals surface area contributed by atoms with Crippen LogP contribution < -0.4 is 5.32 Å². The lowest BCUT2D eigenvalue weighted by molar-refractivity contribution is -0.160. The molecule has 0 aromatic carbocycles. The molecule has 3 rings (SSSR count). The Morgan fingerprint density at radius 1 is 0.938 bits per heavy atom. The SMILES string of the molecule is C[C@H]1CC2C(=O)O[C@@H](C)CC(=O)N3CCCC3C(=O)N(C)[C@@H](C)C(=O)N[C@@H](C)C(=O)N2C1. The molecular weight excluding hydrogens is 416 g/mol. The van der Waals surface area contributed by atoms with Crippen molar-refractivity contribution in [2.24, 2.45) is 5.92 Å². The summed E-state index contributed by atoms with van der Waals surface area (Å²) in [7, 11) is 1.53. The lowest BCUT2D eigenvalue weighted by Crippen LogP contribution is -2.57. The highest BCUT2D eigenvalue weighted by Crippen LogP contribution is 2.26. The number of nitrogens with zero attached hydrogens (tertiary/aromatic N) is 3. The molecule has 3 aliphatic heterocycles. The molecule has 10 heteroatoms. The lowest BCUT2D eigenvalue weighted by Gasteiger charge is -2.33. The Hall–Kier alpha value is -2.65. The van der Waals surface area contributed by atoms with Gasteiger partial charge in [0.1, 0.15) is 30.3 Å². The van der Waals surface area contributed by atoms with Gasteiger partial charge in [0.05, 0.1) is 6.42 Å². The van der Waals surface area contributed by atoms with Gasteiger partial charge in [-0.3, -0.25) is 19.2 Å². The molecule has 178 valence electrons. The van der Waals surface area contributed by atoms with E-state index in [1.54, 1.807) is 20.8 Å². The minimum atomic E-state index is -0.857. The number of rotatable bonds is 0. The predicted octanol–water partition coefficient (Wildman–Crippen LogP) is -0.0986. The lowest BCUT2D eigenvalue weighted by atomic mass is 10.1. The van der Waals surface area contributed by atoms with Crippen LogP contribution in [0.4, 0.5) is 0 Å². The summed E-state index contributed by atoms with van der Waals surface area (Å²) in [5, 5.41) is 2.68. The molecule has 6 atom stereocenters. The molecule has 0 aliphatic carbocycles. The number of carbonyl (C=O) groups is 5. The van der Waals surface area contributed by atoms with Crippen molar-refractivity contribution in [2.75, 3.05) is 20.1 Å². The Labute approximate surface area is 188 Å². The molecule has 10 nitrogen and oxygen atoms in total. The van der Waals surface area contributed by atoms with Gasteiger partial charge in [-0.25, -0.2) is 4.79 Å². The predicted molar refractivity (Wildman–Crippen MR) is 114 cm³/mol. The van der Waals surface area contributed by atoms with Crippen LogP contribution in [0.1, 0.15) is 53.4 Å². The molecule has 0 aromatic rings. The topological polar surface area (TPSA) is 116 Å². The van der Waals surface area contributed by atoms with Crippen LogP contribution >= 0.6 is 0 Å². The summed E-state index contributed by atoms with van der Waals surface area (Å²) in [6.45, 7) is 7.59. The first-order chi connectivity index (χ1) is 15.0. The zero-order valence-electron chi connectivity index (χ0n) is 19.5. The van der Waals surface area contributed by atoms with E-state index >= 15 is 0 Å². The molecule has 0 saturated carbocycles. The molecule has 0 spiro atoms. The highest BCUT2D eigenvalue weighted by Gasteiger charge is 2.43. The van der Waals surface area contributed by atoms with Crippen molar-refractivity contribution in [3.05, 3.63) is 0 Å². The third kappa shape index (κ3) is 4.73. The van der Waals surface area contributed by atoms with Crippen LogP contribution in [0.3, 0.4) is 0 Å². The average Bonchev–Trinajstić information content (AvgIpc) is 3.37. The van der Waals surface area contributed by atoms with Crippen LogP contribution in [0.15, 0.2) is 0 Å². The summed E-state index contributed by atoms with van der Waals surface area (Å²) < 4.78 is 5.54. The van der Waals surface area contributed by atoms with Crippen molar-refractivity contribution in [3.8, 4) is 0 Å². The molecule has 0 bridgehead atoms. The number of fused-ring (bicyclic) bond motifs is 2. The number of likely N-dealkylation sites (N-methyl/N-ethyl adjacent to an activating group) is 1. The molecule has 3 saturated heterocycles. The van der Waals surface area contributed by atoms with E-state index in [-0.39, 0.29) is 30.1 Å². The first kappa shape index (κ1) is 24.0. The molecule has 0 radical (unpaired) electrons. The van der Waals surface area contributed by atoms with Crippen molar-refractivity contribution in [2.45, 2.75) is 83.6 Å². The van der Waals surface area contributed by atoms with Gasteiger partial charge in [-0.15, -0.1) is 0 Å². The Bertz CT molecular complexity index is 801. The molecule has 3 aliphatic rings. The monoisotopic (exact) mass is 450 g/mol. The highest BCUT2D eigenvalue weighted by molar-refractivity contribution is 5.95. The van der Waals surface area contributed by atoms with Crippen molar-refractivity contribution in [3.63, 3.8) is 0 Å². The minimum absolute atomic E-state index is 0.0398.